The number of benzene rings is 2. The van der Waals surface area contributed by atoms with Gasteiger partial charge in [0.05, 0.1) is 19.3 Å². The van der Waals surface area contributed by atoms with Crippen LogP contribution in [0.25, 0.3) is 11.0 Å². The first-order chi connectivity index (χ1) is 14.9. The van der Waals surface area contributed by atoms with E-state index in [4.69, 9.17) is 11.6 Å². The van der Waals surface area contributed by atoms with E-state index in [1.54, 1.807) is 21.4 Å². The smallest absolute Gasteiger partial charge is 0.264 e. The van der Waals surface area contributed by atoms with Gasteiger partial charge in [0, 0.05) is 17.1 Å². The van der Waals surface area contributed by atoms with Crippen molar-refractivity contribution in [2.24, 2.45) is 0 Å². The Morgan fingerprint density at radius 2 is 1.87 bits per heavy atom. The molecule has 158 valence electrons. The number of nitrogens with zero attached hydrogens (tertiary/aromatic N) is 4. The molecule has 0 spiro atoms. The van der Waals surface area contributed by atoms with Crippen LogP contribution in [0.5, 0.6) is 0 Å². The molecule has 0 saturated carbocycles. The summed E-state index contributed by atoms with van der Waals surface area (Å²) in [4.78, 5) is 29.6. The average molecular weight is 436 g/mol. The molecule has 0 aliphatic rings. The van der Waals surface area contributed by atoms with E-state index in [9.17, 15) is 9.59 Å². The lowest BCUT2D eigenvalue weighted by atomic mass is 10.1. The van der Waals surface area contributed by atoms with Crippen LogP contribution in [0.4, 0.5) is 0 Å². The zero-order chi connectivity index (χ0) is 22.0. The number of hydrogen-bond acceptors (Lipinski definition) is 4. The maximum atomic E-state index is 12.8. The second-order valence-electron chi connectivity index (χ2n) is 7.46. The standard InChI is InChI=1S/C23H22ClN5O2/c1-15-3-6-18(11-16(15)2)22(30)25-9-10-29-21-20(12-27-29)23(31)28(14-26-21)13-17-4-7-19(24)8-5-17/h3-8,11-12,14H,9-10,13H2,1-2H3,(H,25,30). The summed E-state index contributed by atoms with van der Waals surface area (Å²) in [7, 11) is 0. The van der Waals surface area contributed by atoms with Crippen LogP contribution in [0.2, 0.25) is 5.02 Å². The molecule has 31 heavy (non-hydrogen) atoms. The molecule has 0 unspecified atom stereocenters. The minimum Gasteiger partial charge on any atom is -0.350 e. The first-order valence-electron chi connectivity index (χ1n) is 9.93. The molecular weight excluding hydrogens is 414 g/mol. The van der Waals surface area contributed by atoms with Crippen molar-refractivity contribution < 1.29 is 4.79 Å². The van der Waals surface area contributed by atoms with E-state index < -0.39 is 0 Å². The Hall–Kier alpha value is -3.45. The van der Waals surface area contributed by atoms with Gasteiger partial charge in [0.1, 0.15) is 11.7 Å². The van der Waals surface area contributed by atoms with Crippen molar-refractivity contribution in [1.82, 2.24) is 24.6 Å². The van der Waals surface area contributed by atoms with Crippen LogP contribution in [0, 0.1) is 13.8 Å². The summed E-state index contributed by atoms with van der Waals surface area (Å²) in [5.74, 6) is -0.141. The van der Waals surface area contributed by atoms with E-state index in [2.05, 4.69) is 15.4 Å². The molecule has 0 saturated heterocycles. The normalized spacial score (nSPS) is 11.1. The Morgan fingerprint density at radius 3 is 2.61 bits per heavy atom. The summed E-state index contributed by atoms with van der Waals surface area (Å²) in [6.45, 7) is 5.17. The SMILES string of the molecule is Cc1ccc(C(=O)NCCn2ncc3c(=O)n(Cc4ccc(Cl)cc4)cnc32)cc1C. The molecule has 1 amide bonds. The van der Waals surface area contributed by atoms with Crippen molar-refractivity contribution in [1.29, 1.82) is 0 Å². The number of carbonyl (C=O) groups excluding carboxylic acids is 1. The number of aromatic nitrogens is 4. The molecule has 0 bridgehead atoms. The van der Waals surface area contributed by atoms with Crippen molar-refractivity contribution >= 4 is 28.5 Å². The van der Waals surface area contributed by atoms with Gasteiger partial charge in [-0.3, -0.25) is 14.2 Å². The molecule has 0 radical (unpaired) electrons. The van der Waals surface area contributed by atoms with Gasteiger partial charge in [-0.25, -0.2) is 9.67 Å². The van der Waals surface area contributed by atoms with Gasteiger partial charge in [-0.05, 0) is 54.8 Å². The van der Waals surface area contributed by atoms with Crippen LogP contribution in [0.1, 0.15) is 27.0 Å². The zero-order valence-corrected chi connectivity index (χ0v) is 18.1. The van der Waals surface area contributed by atoms with Gasteiger partial charge in [-0.15, -0.1) is 0 Å². The topological polar surface area (TPSA) is 81.8 Å². The summed E-state index contributed by atoms with van der Waals surface area (Å²) < 4.78 is 3.17. The Balaban J connectivity index is 1.44. The summed E-state index contributed by atoms with van der Waals surface area (Å²) in [5.41, 5.74) is 4.13. The molecule has 2 aromatic heterocycles. The quantitative estimate of drug-likeness (QED) is 0.503. The molecule has 4 aromatic rings. The largest absolute Gasteiger partial charge is 0.350 e. The van der Waals surface area contributed by atoms with Crippen LogP contribution in [0.3, 0.4) is 0 Å². The van der Waals surface area contributed by atoms with E-state index >= 15 is 0 Å². The van der Waals surface area contributed by atoms with E-state index in [1.807, 2.05) is 44.2 Å². The molecule has 4 rings (SSSR count). The van der Waals surface area contributed by atoms with Gasteiger partial charge in [0.15, 0.2) is 5.65 Å². The number of fused-ring (bicyclic) bond motifs is 1. The Kier molecular flexibility index (Phi) is 5.86. The van der Waals surface area contributed by atoms with Gasteiger partial charge in [-0.1, -0.05) is 29.8 Å². The maximum Gasteiger partial charge on any atom is 0.264 e. The van der Waals surface area contributed by atoms with Crippen molar-refractivity contribution in [3.63, 3.8) is 0 Å². The first kappa shape index (κ1) is 20.8. The van der Waals surface area contributed by atoms with E-state index in [0.29, 0.717) is 41.3 Å². The van der Waals surface area contributed by atoms with Crippen LogP contribution < -0.4 is 10.9 Å². The van der Waals surface area contributed by atoms with Crippen LogP contribution in [0.15, 0.2) is 59.8 Å². The third-order valence-electron chi connectivity index (χ3n) is 5.27. The summed E-state index contributed by atoms with van der Waals surface area (Å²) in [6, 6.07) is 13.0. The predicted octanol–water partition coefficient (Wildman–Crippen LogP) is 3.34. The third-order valence-corrected chi connectivity index (χ3v) is 5.52. The van der Waals surface area contributed by atoms with Crippen molar-refractivity contribution in [3.05, 3.63) is 92.6 Å². The second-order valence-corrected chi connectivity index (χ2v) is 7.90. The van der Waals surface area contributed by atoms with Gasteiger partial charge in [0.2, 0.25) is 0 Å². The van der Waals surface area contributed by atoms with Crippen LogP contribution >= 0.6 is 11.6 Å². The Morgan fingerprint density at radius 1 is 1.10 bits per heavy atom. The summed E-state index contributed by atoms with van der Waals surface area (Å²) in [6.07, 6.45) is 3.04. The van der Waals surface area contributed by atoms with Crippen molar-refractivity contribution in [2.45, 2.75) is 26.9 Å². The number of aryl methyl sites for hydroxylation is 2. The summed E-state index contributed by atoms with van der Waals surface area (Å²) in [5, 5.41) is 8.26. The number of halogens is 1. The van der Waals surface area contributed by atoms with Crippen molar-refractivity contribution in [3.8, 4) is 0 Å². The maximum absolute atomic E-state index is 12.8. The fraction of sp³-hybridized carbons (Fsp3) is 0.217. The number of rotatable bonds is 6. The fourth-order valence-electron chi connectivity index (χ4n) is 3.32. The minimum atomic E-state index is -0.162. The van der Waals surface area contributed by atoms with Gasteiger partial charge >= 0.3 is 0 Å². The lowest BCUT2D eigenvalue weighted by Crippen LogP contribution is -2.28. The molecule has 2 heterocycles. The van der Waals surface area contributed by atoms with Crippen LogP contribution in [-0.4, -0.2) is 31.8 Å². The number of hydrogen-bond donors (Lipinski definition) is 1. The summed E-state index contributed by atoms with van der Waals surface area (Å²) >= 11 is 5.92. The zero-order valence-electron chi connectivity index (χ0n) is 17.3. The van der Waals surface area contributed by atoms with Gasteiger partial charge in [-0.2, -0.15) is 5.10 Å². The molecule has 0 aliphatic carbocycles. The monoisotopic (exact) mass is 435 g/mol. The fourth-order valence-corrected chi connectivity index (χ4v) is 3.45. The van der Waals surface area contributed by atoms with Gasteiger partial charge < -0.3 is 5.32 Å². The Bertz CT molecular complexity index is 1310. The highest BCUT2D eigenvalue weighted by Gasteiger charge is 2.11. The number of nitrogens with one attached hydrogen (secondary N) is 1. The predicted molar refractivity (Wildman–Crippen MR) is 121 cm³/mol. The second kappa shape index (κ2) is 8.73. The molecule has 2 aromatic carbocycles. The lowest BCUT2D eigenvalue weighted by molar-refractivity contribution is 0.0952. The highest BCUT2D eigenvalue weighted by molar-refractivity contribution is 6.30. The molecular formula is C23H22ClN5O2. The highest BCUT2D eigenvalue weighted by atomic mass is 35.5. The molecule has 8 heteroatoms. The molecule has 1 N–H and O–H groups in total. The highest BCUT2D eigenvalue weighted by Crippen LogP contribution is 2.12. The first-order valence-corrected chi connectivity index (χ1v) is 10.3. The van der Waals surface area contributed by atoms with E-state index in [0.717, 1.165) is 16.7 Å². The molecule has 0 fully saturated rings. The Labute approximate surface area is 184 Å². The number of carbonyl (C=O) groups is 1. The molecule has 0 atom stereocenters. The molecule has 0 aliphatic heterocycles. The van der Waals surface area contributed by atoms with Crippen LogP contribution in [-0.2, 0) is 13.1 Å². The minimum absolute atomic E-state index is 0.141. The number of amides is 1. The third kappa shape index (κ3) is 4.51. The van der Waals surface area contributed by atoms with Crippen molar-refractivity contribution in [2.75, 3.05) is 6.54 Å². The lowest BCUT2D eigenvalue weighted by Gasteiger charge is -2.08. The van der Waals surface area contributed by atoms with E-state index in [1.165, 1.54) is 12.5 Å². The van der Waals surface area contributed by atoms with Gasteiger partial charge in [0.25, 0.3) is 11.5 Å². The van der Waals surface area contributed by atoms with E-state index in [-0.39, 0.29) is 11.5 Å². The average Bonchev–Trinajstić information content (AvgIpc) is 3.17. The molecule has 7 nitrogen and oxygen atoms in total.